The van der Waals surface area contributed by atoms with E-state index in [4.69, 9.17) is 18.9 Å². The third-order valence-corrected chi connectivity index (χ3v) is 10.2. The van der Waals surface area contributed by atoms with Crippen LogP contribution in [-0.2, 0) is 0 Å². The van der Waals surface area contributed by atoms with Gasteiger partial charge in [-0.05, 0) is 49.9 Å². The number of hydrogen-bond acceptors (Lipinski definition) is 6. The van der Waals surface area contributed by atoms with Gasteiger partial charge in [-0.15, -0.1) is 0 Å². The van der Waals surface area contributed by atoms with E-state index in [-0.39, 0.29) is 11.6 Å². The van der Waals surface area contributed by atoms with Crippen LogP contribution in [0.15, 0.2) is 24.3 Å². The fourth-order valence-corrected chi connectivity index (χ4v) is 7.02. The first-order valence-electron chi connectivity index (χ1n) is 21.5. The molecule has 0 heterocycles. The van der Waals surface area contributed by atoms with E-state index in [9.17, 15) is 9.59 Å². The molecule has 0 aromatic heterocycles. The molecule has 1 aliphatic rings. The van der Waals surface area contributed by atoms with E-state index in [0.717, 1.165) is 51.4 Å². The number of rotatable bonds is 32. The van der Waals surface area contributed by atoms with Crippen LogP contribution in [0.4, 0.5) is 0 Å². The first kappa shape index (κ1) is 43.4. The number of ether oxygens (including phenoxy) is 4. The topological polar surface area (TPSA) is 71.1 Å². The van der Waals surface area contributed by atoms with Crippen molar-refractivity contribution in [3.8, 4) is 23.0 Å². The van der Waals surface area contributed by atoms with E-state index in [1.165, 1.54) is 103 Å². The van der Waals surface area contributed by atoms with Crippen LogP contribution in [0, 0.1) is 0 Å². The predicted octanol–water partition coefficient (Wildman–Crippen LogP) is 13.4. The molecule has 6 nitrogen and oxygen atoms in total. The van der Waals surface area contributed by atoms with Gasteiger partial charge >= 0.3 is 0 Å². The fourth-order valence-electron chi connectivity index (χ4n) is 7.02. The zero-order valence-corrected chi connectivity index (χ0v) is 33.6. The van der Waals surface area contributed by atoms with E-state index in [2.05, 4.69) is 27.7 Å². The van der Waals surface area contributed by atoms with Gasteiger partial charge in [-0.2, -0.15) is 0 Å². The Hall–Kier alpha value is -3.02. The largest absolute Gasteiger partial charge is 0.493 e. The zero-order valence-electron chi connectivity index (χ0n) is 33.6. The quantitative estimate of drug-likeness (QED) is 0.0598. The average molecular weight is 721 g/mol. The van der Waals surface area contributed by atoms with Crippen molar-refractivity contribution >= 4 is 11.6 Å². The Morgan fingerprint density at radius 3 is 0.712 bits per heavy atom. The summed E-state index contributed by atoms with van der Waals surface area (Å²) < 4.78 is 25.3. The number of benzene rings is 2. The van der Waals surface area contributed by atoms with Gasteiger partial charge in [0.15, 0.2) is 0 Å². The SMILES string of the molecule is CCCCCCCCOc1ccc(OCCCCCCCC)c2c1C(=O)c1c(OCCCCCCCC)ccc(OCCCCCCCC)c1C2=O. The minimum atomic E-state index is -0.254. The predicted molar refractivity (Wildman–Crippen MR) is 215 cm³/mol. The zero-order chi connectivity index (χ0) is 37.2. The number of fused-ring (bicyclic) bond motifs is 2. The Labute approximate surface area is 317 Å². The van der Waals surface area contributed by atoms with Gasteiger partial charge in [0.1, 0.15) is 23.0 Å². The minimum absolute atomic E-state index is 0.254. The van der Waals surface area contributed by atoms with Crippen LogP contribution in [0.1, 0.15) is 214 Å². The lowest BCUT2D eigenvalue weighted by Crippen LogP contribution is -2.25. The Kier molecular flexibility index (Phi) is 22.3. The Balaban J connectivity index is 1.90. The van der Waals surface area contributed by atoms with Gasteiger partial charge in [-0.25, -0.2) is 0 Å². The number of ketones is 2. The highest BCUT2D eigenvalue weighted by Gasteiger charge is 2.40. The van der Waals surface area contributed by atoms with Crippen molar-refractivity contribution in [2.24, 2.45) is 0 Å². The van der Waals surface area contributed by atoms with Gasteiger partial charge in [-0.1, -0.05) is 156 Å². The molecule has 2 aromatic carbocycles. The van der Waals surface area contributed by atoms with Gasteiger partial charge in [-0.3, -0.25) is 9.59 Å². The highest BCUT2D eigenvalue weighted by molar-refractivity contribution is 6.32. The Morgan fingerprint density at radius 1 is 0.308 bits per heavy atom. The van der Waals surface area contributed by atoms with E-state index >= 15 is 0 Å². The number of unbranched alkanes of at least 4 members (excludes halogenated alkanes) is 20. The molecule has 0 N–H and O–H groups in total. The molecule has 52 heavy (non-hydrogen) atoms. The van der Waals surface area contributed by atoms with Crippen LogP contribution in [0.5, 0.6) is 23.0 Å². The maximum atomic E-state index is 14.7. The molecule has 0 fully saturated rings. The Bertz CT molecular complexity index is 1110. The molecule has 0 saturated carbocycles. The maximum absolute atomic E-state index is 14.7. The second kappa shape index (κ2) is 26.7. The second-order valence-corrected chi connectivity index (χ2v) is 14.7. The number of carbonyl (C=O) groups is 2. The molecule has 0 spiro atoms. The molecule has 0 radical (unpaired) electrons. The van der Waals surface area contributed by atoms with Gasteiger partial charge in [0.25, 0.3) is 0 Å². The first-order chi connectivity index (χ1) is 25.6. The second-order valence-electron chi connectivity index (χ2n) is 14.7. The summed E-state index contributed by atoms with van der Waals surface area (Å²) in [5.74, 6) is 1.27. The highest BCUT2D eigenvalue weighted by Crippen LogP contribution is 2.44. The first-order valence-corrected chi connectivity index (χ1v) is 21.5. The lowest BCUT2D eigenvalue weighted by Gasteiger charge is -2.26. The fraction of sp³-hybridized carbons (Fsp3) is 0.696. The summed E-state index contributed by atoms with van der Waals surface area (Å²) in [4.78, 5) is 29.5. The summed E-state index contributed by atoms with van der Waals surface area (Å²) in [5.41, 5.74) is 1.17. The van der Waals surface area contributed by atoms with Crippen molar-refractivity contribution in [2.45, 2.75) is 182 Å². The smallest absolute Gasteiger partial charge is 0.202 e. The molecule has 0 amide bonds. The van der Waals surface area contributed by atoms with E-state index in [1.807, 2.05) is 24.3 Å². The van der Waals surface area contributed by atoms with Gasteiger partial charge in [0, 0.05) is 0 Å². The number of carbonyl (C=O) groups excluding carboxylic acids is 2. The van der Waals surface area contributed by atoms with E-state index in [0.29, 0.717) is 71.7 Å². The van der Waals surface area contributed by atoms with Crippen molar-refractivity contribution in [2.75, 3.05) is 26.4 Å². The van der Waals surface area contributed by atoms with Crippen molar-refractivity contribution in [3.05, 3.63) is 46.5 Å². The molecule has 0 unspecified atom stereocenters. The standard InChI is InChI=1S/C46H72O6/c1-5-9-13-17-21-25-33-49-37-29-30-38(50-34-26-22-18-14-10-6-2)42-41(37)45(47)43-39(51-35-27-23-19-15-11-7-3)31-32-40(44(43)46(42)48)52-36-28-24-20-16-12-8-4/h29-32H,5-28,33-36H2,1-4H3. The van der Waals surface area contributed by atoms with Crippen molar-refractivity contribution in [3.63, 3.8) is 0 Å². The molecule has 0 aliphatic heterocycles. The van der Waals surface area contributed by atoms with E-state index < -0.39 is 0 Å². The molecule has 3 rings (SSSR count). The van der Waals surface area contributed by atoms with Crippen molar-refractivity contribution in [1.29, 1.82) is 0 Å². The third-order valence-electron chi connectivity index (χ3n) is 10.2. The lowest BCUT2D eigenvalue weighted by molar-refractivity contribution is 0.0964. The maximum Gasteiger partial charge on any atom is 0.202 e. The lowest BCUT2D eigenvalue weighted by atomic mass is 9.82. The molecule has 2 aromatic rings. The Morgan fingerprint density at radius 2 is 0.500 bits per heavy atom. The third kappa shape index (κ3) is 14.4. The molecular formula is C46H72O6. The van der Waals surface area contributed by atoms with Crippen LogP contribution in [-0.4, -0.2) is 38.0 Å². The molecule has 292 valence electrons. The monoisotopic (exact) mass is 721 g/mol. The summed E-state index contributed by atoms with van der Waals surface area (Å²) in [6.45, 7) is 10.9. The molecule has 6 heteroatoms. The van der Waals surface area contributed by atoms with Crippen LogP contribution in [0.25, 0.3) is 0 Å². The summed E-state index contributed by atoms with van der Waals surface area (Å²) in [5, 5.41) is 0. The summed E-state index contributed by atoms with van der Waals surface area (Å²) >= 11 is 0. The molecular weight excluding hydrogens is 649 g/mol. The summed E-state index contributed by atoms with van der Waals surface area (Å²) in [6, 6.07) is 7.27. The van der Waals surface area contributed by atoms with Crippen molar-refractivity contribution < 1.29 is 28.5 Å². The summed E-state index contributed by atoms with van der Waals surface area (Å²) in [6.07, 6.45) is 27.3. The molecule has 0 bridgehead atoms. The van der Waals surface area contributed by atoms with Gasteiger partial charge in [0.2, 0.25) is 11.6 Å². The van der Waals surface area contributed by atoms with Crippen LogP contribution < -0.4 is 18.9 Å². The summed E-state index contributed by atoms with van der Waals surface area (Å²) in [7, 11) is 0. The minimum Gasteiger partial charge on any atom is -0.493 e. The normalized spacial score (nSPS) is 12.2. The van der Waals surface area contributed by atoms with Gasteiger partial charge in [0.05, 0.1) is 48.7 Å². The number of hydrogen-bond donors (Lipinski definition) is 0. The molecule has 0 saturated heterocycles. The average Bonchev–Trinajstić information content (AvgIpc) is 3.15. The van der Waals surface area contributed by atoms with E-state index in [1.54, 1.807) is 0 Å². The molecule has 1 aliphatic carbocycles. The molecule has 0 atom stereocenters. The van der Waals surface area contributed by atoms with Crippen LogP contribution in [0.3, 0.4) is 0 Å². The van der Waals surface area contributed by atoms with Crippen LogP contribution in [0.2, 0.25) is 0 Å². The highest BCUT2D eigenvalue weighted by atomic mass is 16.5. The van der Waals surface area contributed by atoms with Crippen LogP contribution >= 0.6 is 0 Å². The van der Waals surface area contributed by atoms with Crippen molar-refractivity contribution in [1.82, 2.24) is 0 Å². The van der Waals surface area contributed by atoms with Gasteiger partial charge < -0.3 is 18.9 Å².